The number of rotatable bonds is 5. The van der Waals surface area contributed by atoms with Crippen molar-refractivity contribution in [1.29, 1.82) is 0 Å². The van der Waals surface area contributed by atoms with E-state index in [1.165, 1.54) is 5.56 Å². The first kappa shape index (κ1) is 15.5. The lowest BCUT2D eigenvalue weighted by molar-refractivity contribution is -0.122. The Labute approximate surface area is 131 Å². The molecule has 1 aromatic carbocycles. The van der Waals surface area contributed by atoms with Gasteiger partial charge in [-0.15, -0.1) is 0 Å². The molecule has 0 spiro atoms. The van der Waals surface area contributed by atoms with Crippen LogP contribution < -0.4 is 5.32 Å². The van der Waals surface area contributed by atoms with E-state index in [0.29, 0.717) is 19.6 Å². The first-order valence-corrected chi connectivity index (χ1v) is 8.06. The fraction of sp³-hybridized carbons (Fsp3) is 0.588. The zero-order valence-electron chi connectivity index (χ0n) is 12.9. The first-order chi connectivity index (χ1) is 10.8. The van der Waals surface area contributed by atoms with Crippen LogP contribution in [0.4, 0.5) is 0 Å². The number of hydrogen-bond acceptors (Lipinski definition) is 4. The molecule has 0 aromatic heterocycles. The van der Waals surface area contributed by atoms with E-state index in [1.54, 1.807) is 0 Å². The number of ether oxygens (including phenoxy) is 2. The number of aryl methyl sites for hydroxylation is 1. The van der Waals surface area contributed by atoms with E-state index < -0.39 is 0 Å². The van der Waals surface area contributed by atoms with Crippen LogP contribution in [0.15, 0.2) is 30.3 Å². The zero-order chi connectivity index (χ0) is 15.2. The van der Waals surface area contributed by atoms with Crippen molar-refractivity contribution in [2.75, 3.05) is 39.5 Å². The molecule has 2 aliphatic rings. The topological polar surface area (TPSA) is 50.8 Å². The normalized spacial score (nSPS) is 26.0. The standard InChI is InChI=1S/C17H24N2O3/c20-17(7-6-14-4-2-1-3-5-14)18-15-12-22-13-16(15)19-8-10-21-11-9-19/h1-5,15-16H,6-13H2,(H,18,20)/t15-,16-/m1/s1. The lowest BCUT2D eigenvalue weighted by Crippen LogP contribution is -2.54. The van der Waals surface area contributed by atoms with Crippen molar-refractivity contribution < 1.29 is 14.3 Å². The molecule has 0 unspecified atom stereocenters. The van der Waals surface area contributed by atoms with Crippen LogP contribution in [-0.4, -0.2) is 62.4 Å². The molecule has 1 amide bonds. The quantitative estimate of drug-likeness (QED) is 0.876. The van der Waals surface area contributed by atoms with Gasteiger partial charge in [0, 0.05) is 19.5 Å². The summed E-state index contributed by atoms with van der Waals surface area (Å²) in [6.07, 6.45) is 1.30. The van der Waals surface area contributed by atoms with Crippen molar-refractivity contribution in [3.8, 4) is 0 Å². The van der Waals surface area contributed by atoms with Gasteiger partial charge in [0.05, 0.1) is 38.5 Å². The predicted octanol–water partition coefficient (Wildman–Crippen LogP) is 0.835. The van der Waals surface area contributed by atoms with E-state index in [0.717, 1.165) is 32.7 Å². The van der Waals surface area contributed by atoms with Gasteiger partial charge in [-0.25, -0.2) is 0 Å². The van der Waals surface area contributed by atoms with E-state index in [-0.39, 0.29) is 18.0 Å². The minimum Gasteiger partial charge on any atom is -0.379 e. The number of morpholine rings is 1. The highest BCUT2D eigenvalue weighted by molar-refractivity contribution is 5.76. The molecule has 120 valence electrons. The molecule has 0 aliphatic carbocycles. The molecule has 0 bridgehead atoms. The summed E-state index contributed by atoms with van der Waals surface area (Å²) in [4.78, 5) is 14.6. The van der Waals surface area contributed by atoms with Crippen molar-refractivity contribution in [2.24, 2.45) is 0 Å². The highest BCUT2D eigenvalue weighted by Gasteiger charge is 2.34. The molecule has 2 heterocycles. The SMILES string of the molecule is O=C(CCc1ccccc1)N[C@@H]1COC[C@H]1N1CCOCC1. The summed E-state index contributed by atoms with van der Waals surface area (Å²) < 4.78 is 11.0. The van der Waals surface area contributed by atoms with E-state index in [2.05, 4.69) is 22.3 Å². The van der Waals surface area contributed by atoms with Gasteiger partial charge in [-0.3, -0.25) is 9.69 Å². The second kappa shape index (κ2) is 7.72. The number of nitrogens with one attached hydrogen (secondary N) is 1. The van der Waals surface area contributed by atoms with E-state index in [1.807, 2.05) is 18.2 Å². The Morgan fingerprint density at radius 3 is 2.68 bits per heavy atom. The third-order valence-corrected chi connectivity index (χ3v) is 4.40. The lowest BCUT2D eigenvalue weighted by Gasteiger charge is -2.34. The average Bonchev–Trinajstić information content (AvgIpc) is 3.03. The Morgan fingerprint density at radius 2 is 1.91 bits per heavy atom. The summed E-state index contributed by atoms with van der Waals surface area (Å²) >= 11 is 0. The molecule has 5 heteroatoms. The van der Waals surface area contributed by atoms with E-state index in [9.17, 15) is 4.79 Å². The van der Waals surface area contributed by atoms with Crippen LogP contribution in [0, 0.1) is 0 Å². The first-order valence-electron chi connectivity index (χ1n) is 8.06. The van der Waals surface area contributed by atoms with Crippen molar-refractivity contribution >= 4 is 5.91 Å². The summed E-state index contributed by atoms with van der Waals surface area (Å²) in [6.45, 7) is 4.69. The molecule has 5 nitrogen and oxygen atoms in total. The monoisotopic (exact) mass is 304 g/mol. The highest BCUT2D eigenvalue weighted by atomic mass is 16.5. The van der Waals surface area contributed by atoms with Crippen molar-refractivity contribution in [3.05, 3.63) is 35.9 Å². The van der Waals surface area contributed by atoms with Gasteiger partial charge >= 0.3 is 0 Å². The smallest absolute Gasteiger partial charge is 0.220 e. The molecule has 22 heavy (non-hydrogen) atoms. The maximum Gasteiger partial charge on any atom is 0.220 e. The highest BCUT2D eigenvalue weighted by Crippen LogP contribution is 2.15. The summed E-state index contributed by atoms with van der Waals surface area (Å²) in [7, 11) is 0. The van der Waals surface area contributed by atoms with Crippen LogP contribution in [0.3, 0.4) is 0 Å². The number of benzene rings is 1. The lowest BCUT2D eigenvalue weighted by atomic mass is 10.1. The second-order valence-corrected chi connectivity index (χ2v) is 5.91. The molecule has 2 aliphatic heterocycles. The van der Waals surface area contributed by atoms with Gasteiger partial charge in [-0.2, -0.15) is 0 Å². The van der Waals surface area contributed by atoms with Gasteiger partial charge in [0.1, 0.15) is 0 Å². The number of carbonyl (C=O) groups is 1. The molecule has 2 atom stereocenters. The fourth-order valence-corrected chi connectivity index (χ4v) is 3.13. The van der Waals surface area contributed by atoms with Crippen molar-refractivity contribution in [1.82, 2.24) is 10.2 Å². The Kier molecular flexibility index (Phi) is 5.43. The average molecular weight is 304 g/mol. The van der Waals surface area contributed by atoms with Crippen molar-refractivity contribution in [3.63, 3.8) is 0 Å². The largest absolute Gasteiger partial charge is 0.379 e. The zero-order valence-corrected chi connectivity index (χ0v) is 12.9. The third kappa shape index (κ3) is 4.06. The van der Waals surface area contributed by atoms with Crippen LogP contribution in [-0.2, 0) is 20.7 Å². The molecule has 2 saturated heterocycles. The molecule has 0 saturated carbocycles. The predicted molar refractivity (Wildman–Crippen MR) is 83.7 cm³/mol. The molecule has 1 aromatic rings. The molecular weight excluding hydrogens is 280 g/mol. The van der Waals surface area contributed by atoms with E-state index in [4.69, 9.17) is 9.47 Å². The number of carbonyl (C=O) groups excluding carboxylic acids is 1. The van der Waals surface area contributed by atoms with Gasteiger partial charge in [0.2, 0.25) is 5.91 Å². The maximum absolute atomic E-state index is 12.2. The Hall–Kier alpha value is -1.43. The van der Waals surface area contributed by atoms with Gasteiger partial charge in [-0.1, -0.05) is 30.3 Å². The van der Waals surface area contributed by atoms with Gasteiger partial charge in [-0.05, 0) is 12.0 Å². The Balaban J connectivity index is 1.47. The summed E-state index contributed by atoms with van der Waals surface area (Å²) in [5.74, 6) is 0.109. The van der Waals surface area contributed by atoms with Crippen molar-refractivity contribution in [2.45, 2.75) is 24.9 Å². The molecule has 0 radical (unpaired) electrons. The minimum absolute atomic E-state index is 0.0985. The molecular formula is C17H24N2O3. The van der Waals surface area contributed by atoms with Gasteiger partial charge < -0.3 is 14.8 Å². The second-order valence-electron chi connectivity index (χ2n) is 5.91. The number of nitrogens with zero attached hydrogens (tertiary/aromatic N) is 1. The Bertz CT molecular complexity index is 474. The van der Waals surface area contributed by atoms with Crippen LogP contribution in [0.25, 0.3) is 0 Å². The van der Waals surface area contributed by atoms with Crippen LogP contribution in [0.5, 0.6) is 0 Å². The minimum atomic E-state index is 0.0985. The summed E-state index contributed by atoms with van der Waals surface area (Å²) in [6, 6.07) is 10.5. The summed E-state index contributed by atoms with van der Waals surface area (Å²) in [5, 5.41) is 3.15. The number of hydrogen-bond donors (Lipinski definition) is 1. The fourth-order valence-electron chi connectivity index (χ4n) is 3.13. The molecule has 2 fully saturated rings. The van der Waals surface area contributed by atoms with Crippen LogP contribution in [0.1, 0.15) is 12.0 Å². The number of amides is 1. The summed E-state index contributed by atoms with van der Waals surface area (Å²) in [5.41, 5.74) is 1.20. The van der Waals surface area contributed by atoms with Gasteiger partial charge in [0.15, 0.2) is 0 Å². The van der Waals surface area contributed by atoms with E-state index >= 15 is 0 Å². The molecule has 3 rings (SSSR count). The van der Waals surface area contributed by atoms with Crippen LogP contribution in [0.2, 0.25) is 0 Å². The molecule has 1 N–H and O–H groups in total. The Morgan fingerprint density at radius 1 is 1.14 bits per heavy atom. The maximum atomic E-state index is 12.2. The third-order valence-electron chi connectivity index (χ3n) is 4.40. The van der Waals surface area contributed by atoms with Crippen LogP contribution >= 0.6 is 0 Å². The van der Waals surface area contributed by atoms with Gasteiger partial charge in [0.25, 0.3) is 0 Å².